The summed E-state index contributed by atoms with van der Waals surface area (Å²) in [4.78, 5) is 10.6. The number of carbonyl (C=O) groups is 1. The first-order valence-corrected chi connectivity index (χ1v) is 7.26. The minimum Gasteiger partial charge on any atom is -0.370 e. The van der Waals surface area contributed by atoms with E-state index in [2.05, 4.69) is 39.4 Å². The van der Waals surface area contributed by atoms with Gasteiger partial charge >= 0.3 is 0 Å². The Kier molecular flexibility index (Phi) is 4.78. The molecule has 1 amide bonds. The lowest BCUT2D eigenvalue weighted by Crippen LogP contribution is -2.21. The van der Waals surface area contributed by atoms with Crippen LogP contribution in [0.25, 0.3) is 0 Å². The highest BCUT2D eigenvalue weighted by Crippen LogP contribution is 2.32. The number of unbranched alkanes of at least 4 members (excludes halogenated alkanes) is 1. The summed E-state index contributed by atoms with van der Waals surface area (Å²) >= 11 is 3.51. The second-order valence-electron chi connectivity index (χ2n) is 4.81. The normalized spacial score (nSPS) is 17.7. The highest BCUT2D eigenvalue weighted by Gasteiger charge is 2.21. The Balaban J connectivity index is 1.78. The van der Waals surface area contributed by atoms with Gasteiger partial charge in [-0.3, -0.25) is 4.79 Å². The minimum atomic E-state index is -0.203. The molecular formula is C14H19BrN2O. The van der Waals surface area contributed by atoms with E-state index < -0.39 is 0 Å². The monoisotopic (exact) mass is 310 g/mol. The van der Waals surface area contributed by atoms with Gasteiger partial charge in [0.1, 0.15) is 0 Å². The number of benzene rings is 1. The first-order valence-electron chi connectivity index (χ1n) is 6.47. The summed E-state index contributed by atoms with van der Waals surface area (Å²) in [5.74, 6) is -0.203. The standard InChI is InChI=1S/C14H19BrN2O/c15-11-5-6-12-10(9-11)4-7-13(12)17-8-2-1-3-14(16)18/h5-6,9,13,17H,1-4,7-8H2,(H2,16,18). The Labute approximate surface area is 116 Å². The molecule has 0 bridgehead atoms. The molecule has 98 valence electrons. The topological polar surface area (TPSA) is 55.1 Å². The van der Waals surface area contributed by atoms with Crippen molar-refractivity contribution >= 4 is 21.8 Å². The molecule has 3 N–H and O–H groups in total. The summed E-state index contributed by atoms with van der Waals surface area (Å²) in [6.45, 7) is 0.952. The molecule has 1 atom stereocenters. The number of halogens is 1. The second kappa shape index (κ2) is 6.34. The fourth-order valence-electron chi connectivity index (χ4n) is 2.50. The first kappa shape index (κ1) is 13.6. The fourth-order valence-corrected chi connectivity index (χ4v) is 2.91. The number of nitrogens with one attached hydrogen (secondary N) is 1. The molecule has 0 radical (unpaired) electrons. The van der Waals surface area contributed by atoms with Crippen LogP contribution in [0.4, 0.5) is 0 Å². The van der Waals surface area contributed by atoms with E-state index in [-0.39, 0.29) is 5.91 Å². The van der Waals surface area contributed by atoms with Gasteiger partial charge in [0.05, 0.1) is 0 Å². The third kappa shape index (κ3) is 3.56. The van der Waals surface area contributed by atoms with Gasteiger partial charge < -0.3 is 11.1 Å². The lowest BCUT2D eigenvalue weighted by molar-refractivity contribution is -0.118. The molecule has 0 heterocycles. The number of amides is 1. The Bertz CT molecular complexity index is 434. The van der Waals surface area contributed by atoms with Crippen molar-refractivity contribution in [3.63, 3.8) is 0 Å². The van der Waals surface area contributed by atoms with Crippen LogP contribution in [0.1, 0.15) is 42.9 Å². The van der Waals surface area contributed by atoms with Crippen LogP contribution in [0.2, 0.25) is 0 Å². The van der Waals surface area contributed by atoms with Crippen LogP contribution >= 0.6 is 15.9 Å². The number of hydrogen-bond acceptors (Lipinski definition) is 2. The highest BCUT2D eigenvalue weighted by molar-refractivity contribution is 9.10. The van der Waals surface area contributed by atoms with E-state index in [4.69, 9.17) is 5.73 Å². The van der Waals surface area contributed by atoms with Crippen LogP contribution in [0.3, 0.4) is 0 Å². The summed E-state index contributed by atoms with van der Waals surface area (Å²) in [5, 5.41) is 3.56. The van der Waals surface area contributed by atoms with Crippen molar-refractivity contribution in [1.29, 1.82) is 0 Å². The summed E-state index contributed by atoms with van der Waals surface area (Å²) < 4.78 is 1.16. The molecule has 0 saturated carbocycles. The maximum atomic E-state index is 10.6. The fraction of sp³-hybridized carbons (Fsp3) is 0.500. The van der Waals surface area contributed by atoms with Crippen molar-refractivity contribution in [2.24, 2.45) is 5.73 Å². The molecular weight excluding hydrogens is 292 g/mol. The van der Waals surface area contributed by atoms with Crippen molar-refractivity contribution in [2.75, 3.05) is 6.54 Å². The molecule has 0 spiro atoms. The van der Waals surface area contributed by atoms with Gasteiger partial charge in [-0.05, 0) is 55.5 Å². The van der Waals surface area contributed by atoms with Gasteiger partial charge in [0, 0.05) is 16.9 Å². The Morgan fingerprint density at radius 3 is 3.06 bits per heavy atom. The molecule has 3 nitrogen and oxygen atoms in total. The predicted octanol–water partition coefficient (Wildman–Crippen LogP) is 2.68. The van der Waals surface area contributed by atoms with Crippen LogP contribution in [-0.4, -0.2) is 12.5 Å². The molecule has 0 fully saturated rings. The summed E-state index contributed by atoms with van der Waals surface area (Å²) in [6.07, 6.45) is 4.69. The quantitative estimate of drug-likeness (QED) is 0.794. The largest absolute Gasteiger partial charge is 0.370 e. The number of fused-ring (bicyclic) bond motifs is 1. The molecule has 1 aromatic carbocycles. The molecule has 0 aromatic heterocycles. The van der Waals surface area contributed by atoms with Gasteiger partial charge in [-0.1, -0.05) is 22.0 Å². The number of nitrogens with two attached hydrogens (primary N) is 1. The summed E-state index contributed by atoms with van der Waals surface area (Å²) in [6, 6.07) is 6.99. The summed E-state index contributed by atoms with van der Waals surface area (Å²) in [7, 11) is 0. The van der Waals surface area contributed by atoms with Crippen LogP contribution < -0.4 is 11.1 Å². The molecule has 4 heteroatoms. The van der Waals surface area contributed by atoms with E-state index in [1.165, 1.54) is 17.5 Å². The third-order valence-electron chi connectivity index (χ3n) is 3.42. The van der Waals surface area contributed by atoms with Gasteiger partial charge in [0.25, 0.3) is 0 Å². The van der Waals surface area contributed by atoms with Gasteiger partial charge in [-0.2, -0.15) is 0 Å². The highest BCUT2D eigenvalue weighted by atomic mass is 79.9. The zero-order valence-corrected chi connectivity index (χ0v) is 12.0. The van der Waals surface area contributed by atoms with E-state index in [1.54, 1.807) is 0 Å². The maximum Gasteiger partial charge on any atom is 0.217 e. The van der Waals surface area contributed by atoms with Crippen LogP contribution in [0.15, 0.2) is 22.7 Å². The predicted molar refractivity (Wildman–Crippen MR) is 76.3 cm³/mol. The molecule has 0 aliphatic heterocycles. The van der Waals surface area contributed by atoms with E-state index in [0.29, 0.717) is 12.5 Å². The Morgan fingerprint density at radius 1 is 1.44 bits per heavy atom. The van der Waals surface area contributed by atoms with Crippen molar-refractivity contribution < 1.29 is 4.79 Å². The van der Waals surface area contributed by atoms with E-state index in [0.717, 1.165) is 30.3 Å². The molecule has 18 heavy (non-hydrogen) atoms. The minimum absolute atomic E-state index is 0.203. The Hall–Kier alpha value is -0.870. The van der Waals surface area contributed by atoms with E-state index >= 15 is 0 Å². The van der Waals surface area contributed by atoms with Gasteiger partial charge in [-0.25, -0.2) is 0 Å². The molecule has 0 saturated heterocycles. The van der Waals surface area contributed by atoms with E-state index in [1.807, 2.05) is 0 Å². The zero-order valence-electron chi connectivity index (χ0n) is 10.4. The lowest BCUT2D eigenvalue weighted by atomic mass is 10.1. The molecule has 1 aliphatic carbocycles. The first-order chi connectivity index (χ1) is 8.66. The van der Waals surface area contributed by atoms with E-state index in [9.17, 15) is 4.79 Å². The molecule has 1 aliphatic rings. The van der Waals surface area contributed by atoms with Crippen molar-refractivity contribution in [1.82, 2.24) is 5.32 Å². The van der Waals surface area contributed by atoms with Crippen molar-refractivity contribution in [3.05, 3.63) is 33.8 Å². The van der Waals surface area contributed by atoms with Gasteiger partial charge in [0.2, 0.25) is 5.91 Å². The SMILES string of the molecule is NC(=O)CCCCNC1CCc2cc(Br)ccc21. The number of rotatable bonds is 6. The van der Waals surface area contributed by atoms with Gasteiger partial charge in [0.15, 0.2) is 0 Å². The molecule has 1 aromatic rings. The van der Waals surface area contributed by atoms with Gasteiger partial charge in [-0.15, -0.1) is 0 Å². The number of carbonyl (C=O) groups excluding carboxylic acids is 1. The summed E-state index contributed by atoms with van der Waals surface area (Å²) in [5.41, 5.74) is 7.98. The maximum absolute atomic E-state index is 10.6. The van der Waals surface area contributed by atoms with Crippen molar-refractivity contribution in [2.45, 2.75) is 38.1 Å². The van der Waals surface area contributed by atoms with Crippen molar-refractivity contribution in [3.8, 4) is 0 Å². The average molecular weight is 311 g/mol. The zero-order chi connectivity index (χ0) is 13.0. The van der Waals surface area contributed by atoms with Crippen LogP contribution in [-0.2, 0) is 11.2 Å². The number of aryl methyl sites for hydroxylation is 1. The molecule has 2 rings (SSSR count). The number of primary amides is 1. The average Bonchev–Trinajstić information content (AvgIpc) is 2.70. The number of hydrogen-bond donors (Lipinski definition) is 2. The van der Waals surface area contributed by atoms with Crippen LogP contribution in [0, 0.1) is 0 Å². The third-order valence-corrected chi connectivity index (χ3v) is 3.92. The van der Waals surface area contributed by atoms with Crippen LogP contribution in [0.5, 0.6) is 0 Å². The lowest BCUT2D eigenvalue weighted by Gasteiger charge is -2.13. The second-order valence-corrected chi connectivity index (χ2v) is 5.73. The smallest absolute Gasteiger partial charge is 0.217 e. The molecule has 1 unspecified atom stereocenters. The Morgan fingerprint density at radius 2 is 2.28 bits per heavy atom.